The van der Waals surface area contributed by atoms with Gasteiger partial charge in [0, 0.05) is 21.6 Å². The number of alkyl halides is 10. The van der Waals surface area contributed by atoms with Crippen LogP contribution in [0.4, 0.5) is 54.0 Å². The fraction of sp³-hybridized carbons (Fsp3) is 0.278. The standard InChI is InChI=1S/C18H7F11INO3/c19-14-8(2-1-3-12(14)31(33)34)13(32)6-9-10(16(21,22)23)4-7(5-11(9)30)15(20,17(24,25)26)18(27,28)29/h1-5H,6H2. The molecule has 0 radical (unpaired) electrons. The monoisotopic (exact) mass is 621 g/mol. The summed E-state index contributed by atoms with van der Waals surface area (Å²) in [6.07, 6.45) is -20.5. The molecule has 0 saturated carbocycles. The van der Waals surface area contributed by atoms with Crippen LogP contribution < -0.4 is 0 Å². The highest BCUT2D eigenvalue weighted by molar-refractivity contribution is 14.1. The van der Waals surface area contributed by atoms with Crippen molar-refractivity contribution < 1.29 is 58.0 Å². The van der Waals surface area contributed by atoms with Crippen LogP contribution in [-0.2, 0) is 18.3 Å². The van der Waals surface area contributed by atoms with Crippen molar-refractivity contribution in [1.29, 1.82) is 0 Å². The maximum atomic E-state index is 14.3. The second kappa shape index (κ2) is 8.92. The fourth-order valence-corrected chi connectivity index (χ4v) is 3.70. The molecule has 0 unspecified atom stereocenters. The van der Waals surface area contributed by atoms with Crippen molar-refractivity contribution in [2.75, 3.05) is 0 Å². The van der Waals surface area contributed by atoms with E-state index in [4.69, 9.17) is 0 Å². The summed E-state index contributed by atoms with van der Waals surface area (Å²) in [5.41, 5.74) is -14.2. The van der Waals surface area contributed by atoms with E-state index in [1.165, 1.54) is 0 Å². The second-order valence-electron chi connectivity index (χ2n) is 6.63. The highest BCUT2D eigenvalue weighted by Crippen LogP contribution is 2.54. The lowest BCUT2D eigenvalue weighted by molar-refractivity contribution is -0.387. The van der Waals surface area contributed by atoms with Crippen molar-refractivity contribution in [2.45, 2.75) is 30.6 Å². The van der Waals surface area contributed by atoms with E-state index in [1.807, 2.05) is 0 Å². The second-order valence-corrected chi connectivity index (χ2v) is 7.79. The van der Waals surface area contributed by atoms with E-state index in [1.54, 1.807) is 0 Å². The SMILES string of the molecule is O=C(Cc1c(I)cc(C(F)(C(F)(F)F)C(F)(F)F)cc1C(F)(F)F)c1cccc([N+](=O)[O-])c1F. The molecule has 16 heteroatoms. The van der Waals surface area contributed by atoms with Crippen LogP contribution >= 0.6 is 22.6 Å². The summed E-state index contributed by atoms with van der Waals surface area (Å²) in [6.45, 7) is 0. The van der Waals surface area contributed by atoms with Crippen molar-refractivity contribution in [1.82, 2.24) is 0 Å². The Bertz CT molecular complexity index is 1130. The molecule has 2 aromatic carbocycles. The van der Waals surface area contributed by atoms with Gasteiger partial charge in [-0.2, -0.15) is 43.9 Å². The zero-order chi connectivity index (χ0) is 26.4. The molecule has 0 N–H and O–H groups in total. The van der Waals surface area contributed by atoms with Gasteiger partial charge >= 0.3 is 29.9 Å². The van der Waals surface area contributed by atoms with Crippen LogP contribution in [0.25, 0.3) is 0 Å². The average Bonchev–Trinajstić information content (AvgIpc) is 2.65. The molecule has 0 spiro atoms. The minimum Gasteiger partial charge on any atom is -0.294 e. The number of Topliss-reactive ketones (excluding diaryl/α,β-unsaturated/α-hetero) is 1. The van der Waals surface area contributed by atoms with Gasteiger partial charge in [-0.05, 0) is 46.4 Å². The number of benzene rings is 2. The van der Waals surface area contributed by atoms with E-state index in [-0.39, 0.29) is 6.07 Å². The lowest BCUT2D eigenvalue weighted by Crippen LogP contribution is -2.50. The highest BCUT2D eigenvalue weighted by Gasteiger charge is 2.73. The van der Waals surface area contributed by atoms with Crippen LogP contribution in [0.1, 0.15) is 27.0 Å². The molecule has 0 bridgehead atoms. The Kier molecular flexibility index (Phi) is 7.27. The average molecular weight is 621 g/mol. The van der Waals surface area contributed by atoms with E-state index in [0.29, 0.717) is 12.1 Å². The van der Waals surface area contributed by atoms with Gasteiger partial charge in [-0.1, -0.05) is 6.07 Å². The number of nitro groups is 1. The molecule has 0 atom stereocenters. The van der Waals surface area contributed by atoms with Gasteiger partial charge in [0.05, 0.1) is 16.1 Å². The normalized spacial score (nSPS) is 13.2. The maximum Gasteiger partial charge on any atom is 0.435 e. The van der Waals surface area contributed by atoms with Crippen molar-refractivity contribution in [3.8, 4) is 0 Å². The Labute approximate surface area is 195 Å². The summed E-state index contributed by atoms with van der Waals surface area (Å²) in [6, 6.07) is 1.26. The number of carbonyl (C=O) groups is 1. The lowest BCUT2D eigenvalue weighted by atomic mass is 9.89. The summed E-state index contributed by atoms with van der Waals surface area (Å²) < 4.78 is 146. The molecule has 0 amide bonds. The van der Waals surface area contributed by atoms with Crippen molar-refractivity contribution in [3.05, 3.63) is 72.1 Å². The van der Waals surface area contributed by atoms with E-state index in [9.17, 15) is 63.2 Å². The molecule has 0 saturated heterocycles. The van der Waals surface area contributed by atoms with Crippen LogP contribution in [0.15, 0.2) is 30.3 Å². The zero-order valence-electron chi connectivity index (χ0n) is 15.8. The topological polar surface area (TPSA) is 60.2 Å². The first-order valence-corrected chi connectivity index (χ1v) is 9.50. The van der Waals surface area contributed by atoms with Gasteiger partial charge in [-0.15, -0.1) is 0 Å². The Hall–Kier alpha value is -2.53. The Morgan fingerprint density at radius 1 is 0.941 bits per heavy atom. The van der Waals surface area contributed by atoms with Gasteiger partial charge in [-0.25, -0.2) is 4.39 Å². The molecule has 186 valence electrons. The van der Waals surface area contributed by atoms with Crippen LogP contribution in [0.3, 0.4) is 0 Å². The lowest BCUT2D eigenvalue weighted by Gasteiger charge is -2.31. The zero-order valence-corrected chi connectivity index (χ0v) is 18.0. The number of hydrogen-bond acceptors (Lipinski definition) is 3. The number of hydrogen-bond donors (Lipinski definition) is 0. The molecule has 0 fully saturated rings. The first-order valence-electron chi connectivity index (χ1n) is 8.42. The van der Waals surface area contributed by atoms with Crippen LogP contribution in [-0.4, -0.2) is 23.1 Å². The Morgan fingerprint density at radius 3 is 1.91 bits per heavy atom. The third-order valence-electron chi connectivity index (χ3n) is 4.49. The van der Waals surface area contributed by atoms with Crippen molar-refractivity contribution >= 4 is 34.1 Å². The largest absolute Gasteiger partial charge is 0.435 e. The molecule has 0 aliphatic rings. The van der Waals surface area contributed by atoms with Gasteiger partial charge in [0.2, 0.25) is 5.82 Å². The first-order chi connectivity index (χ1) is 15.2. The number of rotatable bonds is 5. The van der Waals surface area contributed by atoms with Crippen molar-refractivity contribution in [2.24, 2.45) is 0 Å². The number of halogens is 12. The van der Waals surface area contributed by atoms with Gasteiger partial charge < -0.3 is 0 Å². The Balaban J connectivity index is 2.72. The van der Waals surface area contributed by atoms with Crippen LogP contribution in [0.2, 0.25) is 0 Å². The summed E-state index contributed by atoms with van der Waals surface area (Å²) in [7, 11) is 0. The summed E-state index contributed by atoms with van der Waals surface area (Å²) in [5, 5.41) is 10.8. The predicted octanol–water partition coefficient (Wildman–Crippen LogP) is 7.07. The predicted molar refractivity (Wildman–Crippen MR) is 100 cm³/mol. The molecule has 34 heavy (non-hydrogen) atoms. The fourth-order valence-electron chi connectivity index (χ4n) is 2.89. The molecular formula is C18H7F11INO3. The molecule has 0 aliphatic carbocycles. The third kappa shape index (κ3) is 4.95. The Morgan fingerprint density at radius 2 is 1.47 bits per heavy atom. The first kappa shape index (κ1) is 27.7. The molecule has 0 heterocycles. The van der Waals surface area contributed by atoms with Gasteiger partial charge in [0.25, 0.3) is 0 Å². The third-order valence-corrected chi connectivity index (χ3v) is 5.46. The van der Waals surface area contributed by atoms with Crippen LogP contribution in [0, 0.1) is 19.5 Å². The molecule has 4 nitrogen and oxygen atoms in total. The molecule has 0 aliphatic heterocycles. The summed E-state index contributed by atoms with van der Waals surface area (Å²) in [5.74, 6) is -3.22. The maximum absolute atomic E-state index is 14.3. The molecule has 2 aromatic rings. The van der Waals surface area contributed by atoms with Crippen LogP contribution in [0.5, 0.6) is 0 Å². The molecule has 2 rings (SSSR count). The molecule has 0 aromatic heterocycles. The van der Waals surface area contributed by atoms with E-state index >= 15 is 0 Å². The van der Waals surface area contributed by atoms with E-state index < -0.39 is 84.7 Å². The summed E-state index contributed by atoms with van der Waals surface area (Å²) in [4.78, 5) is 21.9. The number of carbonyl (C=O) groups excluding carboxylic acids is 1. The van der Waals surface area contributed by atoms with Gasteiger partial charge in [0.1, 0.15) is 0 Å². The number of nitrogens with zero attached hydrogens (tertiary/aromatic N) is 1. The van der Waals surface area contributed by atoms with Gasteiger partial charge in [0.15, 0.2) is 5.78 Å². The van der Waals surface area contributed by atoms with E-state index in [2.05, 4.69) is 0 Å². The smallest absolute Gasteiger partial charge is 0.294 e. The number of ketones is 1. The quantitative estimate of drug-likeness (QED) is 0.118. The van der Waals surface area contributed by atoms with Gasteiger partial charge in [-0.3, -0.25) is 14.9 Å². The van der Waals surface area contributed by atoms with Crippen molar-refractivity contribution in [3.63, 3.8) is 0 Å². The summed E-state index contributed by atoms with van der Waals surface area (Å²) >= 11 is 0.871. The molecular weight excluding hydrogens is 614 g/mol. The van der Waals surface area contributed by atoms with E-state index in [0.717, 1.165) is 28.7 Å². The minimum absolute atomic E-state index is 0.163. The minimum atomic E-state index is -6.69. The number of nitro benzene ring substituents is 1. The highest BCUT2D eigenvalue weighted by atomic mass is 127.